The Hall–Kier alpha value is -7.22. The van der Waals surface area contributed by atoms with Crippen molar-refractivity contribution in [3.8, 4) is 0 Å². The minimum Gasteiger partial charge on any atom is -0.394 e. The summed E-state index contributed by atoms with van der Waals surface area (Å²) >= 11 is 0. The molecule has 0 saturated carbocycles. The molecule has 0 spiro atoms. The summed E-state index contributed by atoms with van der Waals surface area (Å²) in [5, 5.41) is 32.8. The number of benzene rings is 1. The van der Waals surface area contributed by atoms with Crippen LogP contribution in [0.5, 0.6) is 0 Å². The number of aliphatic hydroxyl groups excluding tert-OH is 1. The lowest BCUT2D eigenvalue weighted by Crippen LogP contribution is -2.61. The molecule has 0 radical (unpaired) electrons. The fourth-order valence-corrected chi connectivity index (χ4v) is 8.16. The van der Waals surface area contributed by atoms with Crippen LogP contribution in [0, 0.1) is 17.8 Å². The van der Waals surface area contributed by atoms with E-state index < -0.39 is 156 Å². The lowest BCUT2D eigenvalue weighted by Gasteiger charge is -2.31. The first-order chi connectivity index (χ1) is 35.6. The van der Waals surface area contributed by atoms with Crippen molar-refractivity contribution in [1.29, 1.82) is 0 Å². The van der Waals surface area contributed by atoms with Gasteiger partial charge >= 0.3 is 0 Å². The second-order valence-corrected chi connectivity index (χ2v) is 20.0. The summed E-state index contributed by atoms with van der Waals surface area (Å²) in [6.45, 7) is 13.2. The van der Waals surface area contributed by atoms with Gasteiger partial charge in [0.1, 0.15) is 60.4 Å². The van der Waals surface area contributed by atoms with Crippen LogP contribution in [0.25, 0.3) is 0 Å². The topological polar surface area (TPSA) is 415 Å². The first-order valence-electron chi connectivity index (χ1n) is 25.6. The minimum atomic E-state index is -1.70. The summed E-state index contributed by atoms with van der Waals surface area (Å²) in [5.74, 6) is -11.1. The van der Waals surface area contributed by atoms with Gasteiger partial charge in [-0.2, -0.15) is 0 Å². The number of amides is 12. The fraction of sp³-hybridized carbons (Fsp3) is 0.640. The average Bonchev–Trinajstić information content (AvgIpc) is 3.84. The molecule has 424 valence electrons. The molecule has 1 aliphatic rings. The molecule has 76 heavy (non-hydrogen) atoms. The molecule has 1 aliphatic heterocycles. The number of nitrogens with one attached hydrogen (secondary N) is 9. The number of nitrogens with zero attached hydrogens (tertiary/aromatic N) is 1. The zero-order valence-electron chi connectivity index (χ0n) is 45.0. The van der Waals surface area contributed by atoms with Gasteiger partial charge in [0.25, 0.3) is 0 Å². The van der Waals surface area contributed by atoms with Crippen molar-refractivity contribution >= 4 is 70.9 Å². The number of nitrogens with two attached hydrogens (primary N) is 3. The summed E-state index contributed by atoms with van der Waals surface area (Å²) in [7, 11) is 0. The first kappa shape index (κ1) is 64.9. The summed E-state index contributed by atoms with van der Waals surface area (Å²) in [6, 6.07) is -4.03. The van der Waals surface area contributed by atoms with Crippen LogP contribution in [0.4, 0.5) is 0 Å². The number of carbonyl (C=O) groups is 12. The van der Waals surface area contributed by atoms with E-state index in [9.17, 15) is 62.6 Å². The van der Waals surface area contributed by atoms with Crippen molar-refractivity contribution in [2.45, 2.75) is 168 Å². The van der Waals surface area contributed by atoms with Crippen LogP contribution in [0.1, 0.15) is 106 Å². The molecule has 0 unspecified atom stereocenters. The second kappa shape index (κ2) is 31.6. The van der Waals surface area contributed by atoms with E-state index in [1.807, 2.05) is 0 Å². The van der Waals surface area contributed by atoms with Gasteiger partial charge < -0.3 is 75.1 Å². The Kier molecular flexibility index (Phi) is 27.0. The third kappa shape index (κ3) is 20.8. The Morgan fingerprint density at radius 1 is 0.579 bits per heavy atom. The maximum absolute atomic E-state index is 14.0. The smallest absolute Gasteiger partial charge is 0.246 e. The average molecular weight is 1070 g/mol. The number of rotatable bonds is 31. The van der Waals surface area contributed by atoms with Crippen LogP contribution < -0.4 is 65.1 Å². The van der Waals surface area contributed by atoms with Gasteiger partial charge in [-0.3, -0.25) is 57.5 Å². The standard InChI is InChI=1S/C50H81N13O13/c1-25(2)38(41(53)67)60-45(71)33(22-31-16-11-10-12-17-31)57-48(74)39(26(3)4)62-49(75)40(27(5)6)61-43(69)29(8)55-47(73)36-19-15-21-63(36)50(76)34(23-37(52)66)58-46(72)35(24-64)59-42(68)28(7)54-44(70)32(56-30(9)65)18-13-14-20-51/h10-12,16-17,25-29,32-36,38-40,64H,13-15,18-24,51H2,1-9H3,(H2,52,66)(H2,53,67)(H,54,70)(H,55,73)(H,56,65)(H,57,74)(H,58,72)(H,59,68)(H,60,71)(H,61,69)(H,62,75)/t28-,29-,32-,33-,34-,35-,36-,38-,39-,40-/m0/s1. The predicted octanol–water partition coefficient (Wildman–Crippen LogP) is -3.91. The third-order valence-electron chi connectivity index (χ3n) is 12.5. The highest BCUT2D eigenvalue weighted by atomic mass is 16.3. The predicted molar refractivity (Wildman–Crippen MR) is 277 cm³/mol. The van der Waals surface area contributed by atoms with E-state index in [1.165, 1.54) is 20.8 Å². The van der Waals surface area contributed by atoms with Gasteiger partial charge in [-0.25, -0.2) is 0 Å². The monoisotopic (exact) mass is 1070 g/mol. The van der Waals surface area contributed by atoms with Gasteiger partial charge in [-0.05, 0) is 75.8 Å². The summed E-state index contributed by atoms with van der Waals surface area (Å²) in [4.78, 5) is 159. The number of hydrogen-bond acceptors (Lipinski definition) is 14. The Labute approximate surface area is 443 Å². The molecule has 1 fully saturated rings. The summed E-state index contributed by atoms with van der Waals surface area (Å²) in [5.41, 5.74) is 17.2. The van der Waals surface area contributed by atoms with Gasteiger partial charge in [-0.15, -0.1) is 0 Å². The van der Waals surface area contributed by atoms with Crippen LogP contribution >= 0.6 is 0 Å². The minimum absolute atomic E-state index is 0.0184. The number of hydrogen-bond donors (Lipinski definition) is 13. The molecule has 1 aromatic carbocycles. The van der Waals surface area contributed by atoms with Crippen molar-refractivity contribution in [2.24, 2.45) is 35.0 Å². The van der Waals surface area contributed by atoms with Gasteiger partial charge in [0.15, 0.2) is 0 Å². The van der Waals surface area contributed by atoms with E-state index in [0.717, 1.165) is 4.90 Å². The lowest BCUT2D eigenvalue weighted by atomic mass is 9.98. The molecule has 0 bridgehead atoms. The Morgan fingerprint density at radius 2 is 1.07 bits per heavy atom. The van der Waals surface area contributed by atoms with Crippen LogP contribution in [0.3, 0.4) is 0 Å². The van der Waals surface area contributed by atoms with Crippen LogP contribution in [0.2, 0.25) is 0 Å². The second-order valence-electron chi connectivity index (χ2n) is 20.0. The molecule has 16 N–H and O–H groups in total. The van der Waals surface area contributed by atoms with Crippen LogP contribution in [-0.4, -0.2) is 161 Å². The first-order valence-corrected chi connectivity index (χ1v) is 25.6. The molecular weight excluding hydrogens is 991 g/mol. The molecule has 0 aromatic heterocycles. The molecule has 1 saturated heterocycles. The quantitative estimate of drug-likeness (QED) is 0.0316. The molecule has 26 heteroatoms. The highest BCUT2D eigenvalue weighted by Crippen LogP contribution is 2.20. The Balaban J connectivity index is 2.18. The normalized spacial score (nSPS) is 16.8. The van der Waals surface area contributed by atoms with Crippen molar-refractivity contribution in [3.63, 3.8) is 0 Å². The zero-order valence-corrected chi connectivity index (χ0v) is 45.0. The molecule has 1 aromatic rings. The van der Waals surface area contributed by atoms with Crippen molar-refractivity contribution in [1.82, 2.24) is 52.8 Å². The summed E-state index contributed by atoms with van der Waals surface area (Å²) in [6.07, 6.45) is 0.991. The summed E-state index contributed by atoms with van der Waals surface area (Å²) < 4.78 is 0. The largest absolute Gasteiger partial charge is 0.394 e. The fourth-order valence-electron chi connectivity index (χ4n) is 8.16. The highest BCUT2D eigenvalue weighted by molar-refractivity contribution is 6.00. The lowest BCUT2D eigenvalue weighted by molar-refractivity contribution is -0.143. The van der Waals surface area contributed by atoms with Crippen molar-refractivity contribution in [2.75, 3.05) is 19.7 Å². The highest BCUT2D eigenvalue weighted by Gasteiger charge is 2.41. The van der Waals surface area contributed by atoms with E-state index in [0.29, 0.717) is 31.4 Å². The molecule has 0 aliphatic carbocycles. The number of primary amides is 2. The SMILES string of the molecule is CC(=O)N[C@@H](CCCCN)C(=O)N[C@@H](C)C(=O)N[C@@H](CO)C(=O)N[C@@H](CC(N)=O)C(=O)N1CCC[C@H]1C(=O)N[C@@H](C)C(=O)N[C@H](C(=O)N[C@H](C(=O)N[C@@H](Cc1ccccc1)C(=O)N[C@H](C(N)=O)C(C)C)C(C)C)C(C)C. The van der Waals surface area contributed by atoms with Gasteiger partial charge in [0.2, 0.25) is 70.9 Å². The molecule has 12 amide bonds. The number of likely N-dealkylation sites (tertiary alicyclic amines) is 1. The molecule has 1 heterocycles. The molecular formula is C50H81N13O13. The molecule has 2 rings (SSSR count). The van der Waals surface area contributed by atoms with Gasteiger partial charge in [0.05, 0.1) is 13.0 Å². The zero-order chi connectivity index (χ0) is 57.6. The molecule has 10 atom stereocenters. The van der Waals surface area contributed by atoms with Crippen LogP contribution in [0.15, 0.2) is 30.3 Å². The number of unbranched alkanes of at least 4 members (excludes halogenated alkanes) is 1. The van der Waals surface area contributed by atoms with E-state index in [4.69, 9.17) is 17.2 Å². The molecule has 26 nitrogen and oxygen atoms in total. The van der Waals surface area contributed by atoms with Crippen LogP contribution in [-0.2, 0) is 64.0 Å². The Morgan fingerprint density at radius 3 is 1.59 bits per heavy atom. The number of aliphatic hydroxyl groups is 1. The maximum Gasteiger partial charge on any atom is 0.246 e. The van der Waals surface area contributed by atoms with Crippen molar-refractivity contribution in [3.05, 3.63) is 35.9 Å². The third-order valence-corrected chi connectivity index (χ3v) is 12.5. The van der Waals surface area contributed by atoms with Gasteiger partial charge in [0, 0.05) is 19.9 Å². The van der Waals surface area contributed by atoms with Crippen molar-refractivity contribution < 1.29 is 62.6 Å². The van der Waals surface area contributed by atoms with E-state index in [2.05, 4.69) is 47.9 Å². The number of carbonyl (C=O) groups excluding carboxylic acids is 12. The van der Waals surface area contributed by atoms with E-state index >= 15 is 0 Å². The Bertz CT molecular complexity index is 2210. The van der Waals surface area contributed by atoms with Gasteiger partial charge in [-0.1, -0.05) is 71.9 Å². The van der Waals surface area contributed by atoms with E-state index in [1.54, 1.807) is 71.9 Å². The maximum atomic E-state index is 14.0. The van der Waals surface area contributed by atoms with E-state index in [-0.39, 0.29) is 31.7 Å².